The maximum Gasteiger partial charge on any atom is 0.323 e. The van der Waals surface area contributed by atoms with E-state index in [0.29, 0.717) is 13.0 Å². The van der Waals surface area contributed by atoms with Gasteiger partial charge in [-0.2, -0.15) is 0 Å². The molecule has 0 radical (unpaired) electrons. The molecule has 0 aromatic heterocycles. The molecule has 0 fully saturated rings. The fraction of sp³-hybridized carbons (Fsp3) is 0.533. The van der Waals surface area contributed by atoms with Crippen molar-refractivity contribution in [1.82, 2.24) is 5.32 Å². The predicted molar refractivity (Wildman–Crippen MR) is 75.6 cm³/mol. The quantitative estimate of drug-likeness (QED) is 0.795. The first-order chi connectivity index (χ1) is 8.87. The second kappa shape index (κ2) is 6.57. The maximum absolute atomic E-state index is 11.3. The van der Waals surface area contributed by atoms with E-state index in [2.05, 4.69) is 5.32 Å². The molecular formula is C15H23NO3. The molecule has 1 rings (SSSR count). The number of likely N-dealkylation sites (N-methyl/N-ethyl adjacent to an activating group) is 1. The summed E-state index contributed by atoms with van der Waals surface area (Å²) in [6, 6.07) is 7.75. The first-order valence-corrected chi connectivity index (χ1v) is 6.59. The molecule has 0 heterocycles. The Hall–Kier alpha value is -1.55. The third kappa shape index (κ3) is 4.56. The lowest BCUT2D eigenvalue weighted by Crippen LogP contribution is -2.51. The van der Waals surface area contributed by atoms with Gasteiger partial charge in [-0.25, -0.2) is 0 Å². The molecule has 0 saturated heterocycles. The van der Waals surface area contributed by atoms with Crippen LogP contribution in [0.5, 0.6) is 5.75 Å². The van der Waals surface area contributed by atoms with Gasteiger partial charge in [0.05, 0.1) is 6.10 Å². The van der Waals surface area contributed by atoms with E-state index in [0.717, 1.165) is 5.75 Å². The molecule has 1 aromatic carbocycles. The van der Waals surface area contributed by atoms with Crippen molar-refractivity contribution >= 4 is 5.97 Å². The largest absolute Gasteiger partial charge is 0.491 e. The number of aryl methyl sites for hydroxylation is 1. The van der Waals surface area contributed by atoms with E-state index in [9.17, 15) is 9.90 Å². The minimum Gasteiger partial charge on any atom is -0.491 e. The predicted octanol–water partition coefficient (Wildman–Crippen LogP) is 2.61. The Labute approximate surface area is 114 Å². The summed E-state index contributed by atoms with van der Waals surface area (Å²) < 4.78 is 5.76. The summed E-state index contributed by atoms with van der Waals surface area (Å²) in [5.41, 5.74) is 0.210. The number of carboxylic acids is 1. The summed E-state index contributed by atoms with van der Waals surface area (Å²) in [5, 5.41) is 12.3. The van der Waals surface area contributed by atoms with E-state index in [4.69, 9.17) is 4.74 Å². The first kappa shape index (κ1) is 15.5. The summed E-state index contributed by atoms with van der Waals surface area (Å²) in [7, 11) is 0. The van der Waals surface area contributed by atoms with Crippen LogP contribution in [-0.2, 0) is 4.79 Å². The molecule has 1 aromatic rings. The van der Waals surface area contributed by atoms with E-state index in [1.165, 1.54) is 5.56 Å². The summed E-state index contributed by atoms with van der Waals surface area (Å²) in [4.78, 5) is 11.3. The van der Waals surface area contributed by atoms with E-state index < -0.39 is 11.5 Å². The molecule has 19 heavy (non-hydrogen) atoms. The van der Waals surface area contributed by atoms with Crippen molar-refractivity contribution in [3.05, 3.63) is 29.8 Å². The van der Waals surface area contributed by atoms with Crippen molar-refractivity contribution in [3.8, 4) is 5.75 Å². The Balaban J connectivity index is 2.65. The smallest absolute Gasteiger partial charge is 0.323 e. The van der Waals surface area contributed by atoms with Crippen LogP contribution >= 0.6 is 0 Å². The van der Waals surface area contributed by atoms with Crippen LogP contribution in [0.25, 0.3) is 0 Å². The molecule has 0 spiro atoms. The Bertz CT molecular complexity index is 416. The minimum absolute atomic E-state index is 0.178. The highest BCUT2D eigenvalue weighted by atomic mass is 16.5. The van der Waals surface area contributed by atoms with Gasteiger partial charge in [-0.1, -0.05) is 24.6 Å². The molecular weight excluding hydrogens is 242 g/mol. The lowest BCUT2D eigenvalue weighted by Gasteiger charge is -2.29. The first-order valence-electron chi connectivity index (χ1n) is 6.59. The Morgan fingerprint density at radius 3 is 2.47 bits per heavy atom. The zero-order chi connectivity index (χ0) is 14.5. The van der Waals surface area contributed by atoms with E-state index in [1.54, 1.807) is 6.92 Å². The fourth-order valence-electron chi connectivity index (χ4n) is 2.09. The summed E-state index contributed by atoms with van der Waals surface area (Å²) >= 11 is 0. The van der Waals surface area contributed by atoms with Gasteiger partial charge in [0.25, 0.3) is 0 Å². The average Bonchev–Trinajstić information content (AvgIpc) is 2.32. The van der Waals surface area contributed by atoms with Gasteiger partial charge < -0.3 is 15.2 Å². The van der Waals surface area contributed by atoms with Crippen molar-refractivity contribution in [2.75, 3.05) is 6.54 Å². The van der Waals surface area contributed by atoms with Crippen LogP contribution < -0.4 is 10.1 Å². The number of hydrogen-bond acceptors (Lipinski definition) is 3. The normalized spacial score (nSPS) is 15.6. The van der Waals surface area contributed by atoms with Gasteiger partial charge in [0.1, 0.15) is 11.3 Å². The zero-order valence-electron chi connectivity index (χ0n) is 12.1. The van der Waals surface area contributed by atoms with Crippen LogP contribution in [0.15, 0.2) is 24.3 Å². The van der Waals surface area contributed by atoms with Crippen molar-refractivity contribution in [1.29, 1.82) is 0 Å². The standard InChI is InChI=1S/C15H23NO3/c1-5-16-15(4,14(17)18)10-12(3)19-13-8-6-11(2)7-9-13/h6-9,12,16H,5,10H2,1-4H3,(H,17,18). The average molecular weight is 265 g/mol. The molecule has 106 valence electrons. The molecule has 0 saturated carbocycles. The second-order valence-corrected chi connectivity index (χ2v) is 5.11. The Kier molecular flexibility index (Phi) is 5.36. The van der Waals surface area contributed by atoms with Crippen molar-refractivity contribution in [2.24, 2.45) is 0 Å². The number of rotatable bonds is 7. The zero-order valence-corrected chi connectivity index (χ0v) is 12.1. The number of hydrogen-bond donors (Lipinski definition) is 2. The number of nitrogens with one attached hydrogen (secondary N) is 1. The third-order valence-corrected chi connectivity index (χ3v) is 3.09. The fourth-order valence-corrected chi connectivity index (χ4v) is 2.09. The van der Waals surface area contributed by atoms with Gasteiger partial charge in [-0.05, 0) is 39.4 Å². The van der Waals surface area contributed by atoms with Crippen LogP contribution in [-0.4, -0.2) is 29.3 Å². The number of carboxylic acid groups (broad SMARTS) is 1. The molecule has 2 N–H and O–H groups in total. The van der Waals surface area contributed by atoms with Crippen molar-refractivity contribution < 1.29 is 14.6 Å². The van der Waals surface area contributed by atoms with Gasteiger partial charge in [0, 0.05) is 6.42 Å². The summed E-state index contributed by atoms with van der Waals surface area (Å²) in [6.07, 6.45) is 0.229. The molecule has 0 aliphatic heterocycles. The van der Waals surface area contributed by atoms with Crippen LogP contribution in [0.1, 0.15) is 32.8 Å². The van der Waals surface area contributed by atoms with E-state index in [-0.39, 0.29) is 6.10 Å². The lowest BCUT2D eigenvalue weighted by atomic mass is 9.95. The monoisotopic (exact) mass is 265 g/mol. The van der Waals surface area contributed by atoms with Crippen molar-refractivity contribution in [3.63, 3.8) is 0 Å². The van der Waals surface area contributed by atoms with Gasteiger partial charge >= 0.3 is 5.97 Å². The molecule has 4 nitrogen and oxygen atoms in total. The van der Waals surface area contributed by atoms with Crippen LogP contribution in [0.3, 0.4) is 0 Å². The topological polar surface area (TPSA) is 58.6 Å². The number of ether oxygens (including phenoxy) is 1. The minimum atomic E-state index is -0.959. The number of aliphatic carboxylic acids is 1. The van der Waals surface area contributed by atoms with E-state index >= 15 is 0 Å². The molecule has 2 atom stereocenters. The molecule has 0 bridgehead atoms. The number of benzene rings is 1. The summed E-state index contributed by atoms with van der Waals surface area (Å²) in [5.74, 6) is -0.0870. The second-order valence-electron chi connectivity index (χ2n) is 5.11. The lowest BCUT2D eigenvalue weighted by molar-refractivity contribution is -0.145. The molecule has 0 aliphatic rings. The summed E-state index contributed by atoms with van der Waals surface area (Å²) in [6.45, 7) is 8.10. The van der Waals surface area contributed by atoms with E-state index in [1.807, 2.05) is 45.0 Å². The van der Waals surface area contributed by atoms with Crippen LogP contribution in [0, 0.1) is 6.92 Å². The molecule has 2 unspecified atom stereocenters. The van der Waals surface area contributed by atoms with Crippen LogP contribution in [0.2, 0.25) is 0 Å². The Morgan fingerprint density at radius 2 is 2.00 bits per heavy atom. The Morgan fingerprint density at radius 1 is 1.42 bits per heavy atom. The highest BCUT2D eigenvalue weighted by Crippen LogP contribution is 2.19. The number of carbonyl (C=O) groups is 1. The van der Waals surface area contributed by atoms with Gasteiger partial charge in [0.2, 0.25) is 0 Å². The molecule has 0 amide bonds. The van der Waals surface area contributed by atoms with Crippen molar-refractivity contribution in [2.45, 2.75) is 45.8 Å². The third-order valence-electron chi connectivity index (χ3n) is 3.09. The highest BCUT2D eigenvalue weighted by molar-refractivity contribution is 5.78. The molecule has 4 heteroatoms. The van der Waals surface area contributed by atoms with Gasteiger partial charge in [-0.15, -0.1) is 0 Å². The van der Waals surface area contributed by atoms with Gasteiger partial charge in [0.15, 0.2) is 0 Å². The SMILES string of the molecule is CCNC(C)(CC(C)Oc1ccc(C)cc1)C(=O)O. The van der Waals surface area contributed by atoms with Crippen LogP contribution in [0.4, 0.5) is 0 Å². The highest BCUT2D eigenvalue weighted by Gasteiger charge is 2.34. The van der Waals surface area contributed by atoms with Gasteiger partial charge in [-0.3, -0.25) is 4.79 Å². The maximum atomic E-state index is 11.3. The molecule has 0 aliphatic carbocycles.